The van der Waals surface area contributed by atoms with Crippen LogP contribution in [0, 0.1) is 0 Å². The summed E-state index contributed by atoms with van der Waals surface area (Å²) in [4.78, 5) is 16.1. The van der Waals surface area contributed by atoms with E-state index in [4.69, 9.17) is 28.9 Å². The first-order chi connectivity index (χ1) is 10.1. The minimum Gasteiger partial charge on any atom is -0.384 e. The smallest absolute Gasteiger partial charge is 0.257 e. The van der Waals surface area contributed by atoms with Crippen molar-refractivity contribution in [2.75, 3.05) is 11.1 Å². The van der Waals surface area contributed by atoms with Gasteiger partial charge in [0.05, 0.1) is 33.0 Å². The third kappa shape index (κ3) is 2.63. The van der Waals surface area contributed by atoms with Crippen molar-refractivity contribution in [3.8, 4) is 0 Å². The SMILES string of the molecule is Nc1cc(C(=O)Nc2c(Cl)ccc3nsnc23)c(Cl)cn1. The number of hydrogen-bond donors (Lipinski definition) is 2. The largest absolute Gasteiger partial charge is 0.384 e. The lowest BCUT2D eigenvalue weighted by Gasteiger charge is -2.09. The van der Waals surface area contributed by atoms with E-state index >= 15 is 0 Å². The lowest BCUT2D eigenvalue weighted by atomic mass is 10.2. The van der Waals surface area contributed by atoms with E-state index in [0.717, 1.165) is 11.7 Å². The quantitative estimate of drug-likeness (QED) is 0.747. The molecule has 106 valence electrons. The van der Waals surface area contributed by atoms with E-state index in [9.17, 15) is 4.79 Å². The number of nitrogens with one attached hydrogen (secondary N) is 1. The fraction of sp³-hybridized carbons (Fsp3) is 0. The Morgan fingerprint density at radius 2 is 2.05 bits per heavy atom. The average Bonchev–Trinajstić information content (AvgIpc) is 2.93. The maximum atomic E-state index is 12.3. The Hall–Kier alpha value is -1.96. The van der Waals surface area contributed by atoms with Crippen LogP contribution < -0.4 is 11.1 Å². The molecule has 0 bridgehead atoms. The van der Waals surface area contributed by atoms with E-state index < -0.39 is 5.91 Å². The third-order valence-corrected chi connectivity index (χ3v) is 3.90. The van der Waals surface area contributed by atoms with Crippen molar-refractivity contribution in [1.82, 2.24) is 13.7 Å². The van der Waals surface area contributed by atoms with Gasteiger partial charge in [0, 0.05) is 6.20 Å². The molecule has 3 N–H and O–H groups in total. The number of nitrogens with zero attached hydrogens (tertiary/aromatic N) is 3. The van der Waals surface area contributed by atoms with Crippen LogP contribution >= 0.6 is 34.9 Å². The Bertz CT molecular complexity index is 851. The van der Waals surface area contributed by atoms with Crippen LogP contribution in [0.1, 0.15) is 10.4 Å². The highest BCUT2D eigenvalue weighted by atomic mass is 35.5. The highest BCUT2D eigenvalue weighted by Crippen LogP contribution is 2.30. The predicted octanol–water partition coefficient (Wildman–Crippen LogP) is 3.23. The molecule has 3 rings (SSSR count). The fourth-order valence-electron chi connectivity index (χ4n) is 1.76. The number of carbonyl (C=O) groups excluding carboxylic acids is 1. The highest BCUT2D eigenvalue weighted by Gasteiger charge is 2.16. The van der Waals surface area contributed by atoms with Gasteiger partial charge >= 0.3 is 0 Å². The van der Waals surface area contributed by atoms with Crippen LogP contribution in [-0.4, -0.2) is 19.6 Å². The van der Waals surface area contributed by atoms with Crippen LogP contribution in [0.4, 0.5) is 11.5 Å². The van der Waals surface area contributed by atoms with Crippen LogP contribution in [0.3, 0.4) is 0 Å². The molecule has 0 fully saturated rings. The summed E-state index contributed by atoms with van der Waals surface area (Å²) in [7, 11) is 0. The number of carbonyl (C=O) groups is 1. The Balaban J connectivity index is 2.02. The van der Waals surface area contributed by atoms with Crippen LogP contribution in [0.25, 0.3) is 11.0 Å². The second-order valence-electron chi connectivity index (χ2n) is 4.10. The van der Waals surface area contributed by atoms with Gasteiger partial charge in [-0.1, -0.05) is 23.2 Å². The summed E-state index contributed by atoms with van der Waals surface area (Å²) in [5.74, 6) is -0.249. The molecular formula is C12H7Cl2N5OS. The molecule has 0 saturated carbocycles. The molecule has 2 heterocycles. The van der Waals surface area contributed by atoms with Crippen molar-refractivity contribution < 1.29 is 4.79 Å². The molecule has 9 heteroatoms. The number of aromatic nitrogens is 3. The van der Waals surface area contributed by atoms with Gasteiger partial charge in [-0.05, 0) is 18.2 Å². The van der Waals surface area contributed by atoms with Crippen molar-refractivity contribution >= 4 is 63.4 Å². The van der Waals surface area contributed by atoms with E-state index in [1.54, 1.807) is 12.1 Å². The third-order valence-electron chi connectivity index (χ3n) is 2.74. The maximum absolute atomic E-state index is 12.3. The maximum Gasteiger partial charge on any atom is 0.257 e. The molecule has 0 aliphatic heterocycles. The van der Waals surface area contributed by atoms with Gasteiger partial charge in [-0.3, -0.25) is 4.79 Å². The van der Waals surface area contributed by atoms with Crippen LogP contribution in [-0.2, 0) is 0 Å². The summed E-state index contributed by atoms with van der Waals surface area (Å²) in [5.41, 5.74) is 7.34. The fourth-order valence-corrected chi connectivity index (χ4v) is 2.69. The van der Waals surface area contributed by atoms with Crippen molar-refractivity contribution in [2.24, 2.45) is 0 Å². The number of nitrogens with two attached hydrogens (primary N) is 1. The molecule has 6 nitrogen and oxygen atoms in total. The van der Waals surface area contributed by atoms with Crippen molar-refractivity contribution in [1.29, 1.82) is 0 Å². The molecule has 3 aromatic rings. The van der Waals surface area contributed by atoms with E-state index in [-0.39, 0.29) is 16.4 Å². The molecule has 0 unspecified atom stereocenters. The molecule has 21 heavy (non-hydrogen) atoms. The van der Waals surface area contributed by atoms with Gasteiger partial charge in [0.25, 0.3) is 5.91 Å². The Morgan fingerprint density at radius 1 is 1.24 bits per heavy atom. The molecule has 1 amide bonds. The van der Waals surface area contributed by atoms with Crippen LogP contribution in [0.5, 0.6) is 0 Å². The van der Waals surface area contributed by atoms with E-state index in [1.807, 2.05) is 0 Å². The first-order valence-electron chi connectivity index (χ1n) is 5.69. The molecule has 0 aliphatic rings. The second kappa shape index (κ2) is 5.44. The van der Waals surface area contributed by atoms with Gasteiger partial charge in [-0.2, -0.15) is 8.75 Å². The van der Waals surface area contributed by atoms with Gasteiger partial charge in [-0.25, -0.2) is 4.98 Å². The first kappa shape index (κ1) is 14.0. The lowest BCUT2D eigenvalue weighted by molar-refractivity contribution is 0.102. The summed E-state index contributed by atoms with van der Waals surface area (Å²) in [6, 6.07) is 4.77. The minimum atomic E-state index is -0.448. The molecule has 0 radical (unpaired) electrons. The number of halogens is 2. The van der Waals surface area contributed by atoms with Crippen LogP contribution in [0.2, 0.25) is 10.0 Å². The van der Waals surface area contributed by atoms with E-state index in [1.165, 1.54) is 12.3 Å². The number of rotatable bonds is 2. The monoisotopic (exact) mass is 339 g/mol. The van der Waals surface area contributed by atoms with Gasteiger partial charge in [0.2, 0.25) is 0 Å². The molecular weight excluding hydrogens is 333 g/mol. The van der Waals surface area contributed by atoms with Crippen LogP contribution in [0.15, 0.2) is 24.4 Å². The second-order valence-corrected chi connectivity index (χ2v) is 5.44. The van der Waals surface area contributed by atoms with Gasteiger partial charge in [0.1, 0.15) is 16.9 Å². The molecule has 0 aliphatic carbocycles. The number of benzene rings is 1. The number of amides is 1. The zero-order chi connectivity index (χ0) is 15.0. The van der Waals surface area contributed by atoms with Crippen molar-refractivity contribution in [3.63, 3.8) is 0 Å². The number of fused-ring (bicyclic) bond motifs is 1. The number of hydrogen-bond acceptors (Lipinski definition) is 6. The zero-order valence-corrected chi connectivity index (χ0v) is 12.6. The molecule has 2 aromatic heterocycles. The van der Waals surface area contributed by atoms with Crippen molar-refractivity contribution in [3.05, 3.63) is 40.0 Å². The zero-order valence-electron chi connectivity index (χ0n) is 10.3. The number of pyridine rings is 1. The summed E-state index contributed by atoms with van der Waals surface area (Å²) in [5, 5.41) is 3.25. The van der Waals surface area contributed by atoms with Crippen molar-refractivity contribution in [2.45, 2.75) is 0 Å². The van der Waals surface area contributed by atoms with Gasteiger partial charge in [0.15, 0.2) is 0 Å². The summed E-state index contributed by atoms with van der Waals surface area (Å²) < 4.78 is 8.22. The standard InChI is InChI=1S/C12H7Cl2N5OS/c13-6-1-2-8-11(19-21-18-8)10(6)17-12(20)5-3-9(15)16-4-7(5)14/h1-4H,(H2,15,16)(H,17,20). The van der Waals surface area contributed by atoms with Gasteiger partial charge < -0.3 is 11.1 Å². The first-order valence-corrected chi connectivity index (χ1v) is 7.18. The molecule has 1 aromatic carbocycles. The number of nitrogen functional groups attached to an aromatic ring is 1. The highest BCUT2D eigenvalue weighted by molar-refractivity contribution is 7.00. The average molecular weight is 340 g/mol. The van der Waals surface area contributed by atoms with E-state index in [0.29, 0.717) is 21.7 Å². The molecule has 0 spiro atoms. The molecule has 0 atom stereocenters. The minimum absolute atomic E-state index is 0.196. The normalized spacial score (nSPS) is 10.8. The van der Waals surface area contributed by atoms with E-state index in [2.05, 4.69) is 19.0 Å². The topological polar surface area (TPSA) is 93.8 Å². The Kier molecular flexibility index (Phi) is 3.62. The number of anilines is 2. The van der Waals surface area contributed by atoms with Gasteiger partial charge in [-0.15, -0.1) is 0 Å². The summed E-state index contributed by atoms with van der Waals surface area (Å²) in [6.45, 7) is 0. The predicted molar refractivity (Wildman–Crippen MR) is 84.0 cm³/mol. The summed E-state index contributed by atoms with van der Waals surface area (Å²) in [6.07, 6.45) is 1.32. The lowest BCUT2D eigenvalue weighted by Crippen LogP contribution is -2.14. The summed E-state index contributed by atoms with van der Waals surface area (Å²) >= 11 is 13.1. The Morgan fingerprint density at radius 3 is 2.86 bits per heavy atom. The molecule has 0 saturated heterocycles. The Labute approximate surface area is 133 Å².